The van der Waals surface area contributed by atoms with E-state index in [0.717, 1.165) is 17.1 Å². The lowest BCUT2D eigenvalue weighted by Gasteiger charge is -2.10. The molecule has 0 aromatic heterocycles. The fraction of sp³-hybridized carbons (Fsp3) is 0.417. The molecule has 0 saturated carbocycles. The number of hydrogen-bond donors (Lipinski definition) is 2. The number of carboxylic acid groups (broad SMARTS) is 1. The molecular formula is C12H17NO4. The molecule has 1 aromatic carbocycles. The predicted octanol–water partition coefficient (Wildman–Crippen LogP) is 1.27. The summed E-state index contributed by atoms with van der Waals surface area (Å²) in [5.41, 5.74) is 0.942. The van der Waals surface area contributed by atoms with Gasteiger partial charge in [0.15, 0.2) is 0 Å². The molecule has 17 heavy (non-hydrogen) atoms. The van der Waals surface area contributed by atoms with E-state index in [1.807, 2.05) is 18.2 Å². The van der Waals surface area contributed by atoms with Crippen LogP contribution in [-0.4, -0.2) is 31.8 Å². The molecule has 5 nitrogen and oxygen atoms in total. The van der Waals surface area contributed by atoms with E-state index in [2.05, 4.69) is 5.32 Å². The normalized spacial score (nSPS) is 10.0. The van der Waals surface area contributed by atoms with E-state index < -0.39 is 5.97 Å². The highest BCUT2D eigenvalue weighted by Crippen LogP contribution is 2.23. The molecule has 0 saturated heterocycles. The minimum atomic E-state index is -0.810. The summed E-state index contributed by atoms with van der Waals surface area (Å²) in [7, 11) is 3.20. The summed E-state index contributed by atoms with van der Waals surface area (Å²) < 4.78 is 10.3. The summed E-state index contributed by atoms with van der Waals surface area (Å²) in [6, 6.07) is 5.51. The molecular weight excluding hydrogens is 222 g/mol. The second kappa shape index (κ2) is 6.75. The van der Waals surface area contributed by atoms with Crippen LogP contribution in [0.1, 0.15) is 12.0 Å². The van der Waals surface area contributed by atoms with E-state index in [9.17, 15) is 4.79 Å². The maximum absolute atomic E-state index is 10.3. The fourth-order valence-electron chi connectivity index (χ4n) is 1.44. The first-order valence-corrected chi connectivity index (χ1v) is 5.30. The Morgan fingerprint density at radius 3 is 2.71 bits per heavy atom. The number of ether oxygens (including phenoxy) is 2. The van der Waals surface area contributed by atoms with Gasteiger partial charge in [0.2, 0.25) is 0 Å². The number of benzene rings is 1. The first-order valence-electron chi connectivity index (χ1n) is 5.30. The lowest BCUT2D eigenvalue weighted by atomic mass is 10.2. The molecule has 0 aliphatic heterocycles. The van der Waals surface area contributed by atoms with E-state index in [4.69, 9.17) is 14.6 Å². The van der Waals surface area contributed by atoms with Crippen LogP contribution < -0.4 is 14.8 Å². The van der Waals surface area contributed by atoms with Crippen molar-refractivity contribution in [2.24, 2.45) is 0 Å². The minimum absolute atomic E-state index is 0.103. The Labute approximate surface area is 100 Å². The molecule has 1 rings (SSSR count). The lowest BCUT2D eigenvalue weighted by Crippen LogP contribution is -2.18. The summed E-state index contributed by atoms with van der Waals surface area (Å²) in [6.07, 6.45) is 0.103. The highest BCUT2D eigenvalue weighted by atomic mass is 16.5. The molecule has 0 spiro atoms. The standard InChI is InChI=1S/C12H17NO4/c1-16-10-3-4-11(17-2)9(7-10)8-13-6-5-12(14)15/h3-4,7,13H,5-6,8H2,1-2H3,(H,14,15). The monoisotopic (exact) mass is 239 g/mol. The SMILES string of the molecule is COc1ccc(OC)c(CNCCC(=O)O)c1. The van der Waals surface area contributed by atoms with Crippen molar-refractivity contribution in [3.05, 3.63) is 23.8 Å². The van der Waals surface area contributed by atoms with Crippen LogP contribution in [0, 0.1) is 0 Å². The molecule has 94 valence electrons. The summed E-state index contributed by atoms with van der Waals surface area (Å²) in [5, 5.41) is 11.6. The van der Waals surface area contributed by atoms with Crippen molar-refractivity contribution in [1.82, 2.24) is 5.32 Å². The van der Waals surface area contributed by atoms with Gasteiger partial charge in [0, 0.05) is 18.7 Å². The number of methoxy groups -OCH3 is 2. The number of carbonyl (C=O) groups is 1. The Bertz CT molecular complexity index is 379. The van der Waals surface area contributed by atoms with Crippen LogP contribution >= 0.6 is 0 Å². The van der Waals surface area contributed by atoms with Gasteiger partial charge in [-0.15, -0.1) is 0 Å². The van der Waals surface area contributed by atoms with Gasteiger partial charge in [-0.05, 0) is 18.2 Å². The van der Waals surface area contributed by atoms with Gasteiger partial charge in [0.05, 0.1) is 20.6 Å². The van der Waals surface area contributed by atoms with E-state index in [1.54, 1.807) is 14.2 Å². The zero-order valence-corrected chi connectivity index (χ0v) is 10.0. The molecule has 5 heteroatoms. The average molecular weight is 239 g/mol. The first-order chi connectivity index (χ1) is 8.17. The second-order valence-electron chi connectivity index (χ2n) is 3.50. The molecule has 0 aliphatic carbocycles. The summed E-state index contributed by atoms with van der Waals surface area (Å²) in [6.45, 7) is 0.976. The number of nitrogens with one attached hydrogen (secondary N) is 1. The molecule has 0 radical (unpaired) electrons. The number of hydrogen-bond acceptors (Lipinski definition) is 4. The summed E-state index contributed by atoms with van der Waals surface area (Å²) in [4.78, 5) is 10.3. The lowest BCUT2D eigenvalue weighted by molar-refractivity contribution is -0.136. The first kappa shape index (κ1) is 13.3. The minimum Gasteiger partial charge on any atom is -0.497 e. The van der Waals surface area contributed by atoms with Crippen LogP contribution in [0.15, 0.2) is 18.2 Å². The van der Waals surface area contributed by atoms with Crippen LogP contribution in [0.25, 0.3) is 0 Å². The van der Waals surface area contributed by atoms with Crippen molar-refractivity contribution in [2.75, 3.05) is 20.8 Å². The smallest absolute Gasteiger partial charge is 0.304 e. The third-order valence-corrected chi connectivity index (χ3v) is 2.32. The summed E-state index contributed by atoms with van der Waals surface area (Å²) in [5.74, 6) is 0.699. The van der Waals surface area contributed by atoms with E-state index in [-0.39, 0.29) is 6.42 Å². The molecule has 2 N–H and O–H groups in total. The topological polar surface area (TPSA) is 67.8 Å². The largest absolute Gasteiger partial charge is 0.497 e. The molecule has 0 fully saturated rings. The molecule has 0 unspecified atom stereocenters. The number of carboxylic acids is 1. The van der Waals surface area contributed by atoms with Crippen molar-refractivity contribution in [3.8, 4) is 11.5 Å². The predicted molar refractivity (Wildman–Crippen MR) is 63.5 cm³/mol. The van der Waals surface area contributed by atoms with Crippen molar-refractivity contribution < 1.29 is 19.4 Å². The second-order valence-corrected chi connectivity index (χ2v) is 3.50. The molecule has 0 atom stereocenters. The van der Waals surface area contributed by atoms with Gasteiger partial charge in [-0.2, -0.15) is 0 Å². The van der Waals surface area contributed by atoms with Crippen molar-refractivity contribution in [3.63, 3.8) is 0 Å². The van der Waals surface area contributed by atoms with Gasteiger partial charge in [0.1, 0.15) is 11.5 Å². The van der Waals surface area contributed by atoms with E-state index in [0.29, 0.717) is 13.1 Å². The zero-order chi connectivity index (χ0) is 12.7. The Morgan fingerprint density at radius 1 is 1.35 bits per heavy atom. The fourth-order valence-corrected chi connectivity index (χ4v) is 1.44. The third-order valence-electron chi connectivity index (χ3n) is 2.32. The van der Waals surface area contributed by atoms with E-state index >= 15 is 0 Å². The molecule has 0 bridgehead atoms. The molecule has 0 aliphatic rings. The maximum Gasteiger partial charge on any atom is 0.304 e. The van der Waals surface area contributed by atoms with Crippen LogP contribution in [0.4, 0.5) is 0 Å². The summed E-state index contributed by atoms with van der Waals surface area (Å²) >= 11 is 0. The van der Waals surface area contributed by atoms with Gasteiger partial charge in [-0.3, -0.25) is 4.79 Å². The average Bonchev–Trinajstić information content (AvgIpc) is 2.34. The van der Waals surface area contributed by atoms with Gasteiger partial charge in [0.25, 0.3) is 0 Å². The zero-order valence-electron chi connectivity index (χ0n) is 10.0. The van der Waals surface area contributed by atoms with Crippen molar-refractivity contribution in [1.29, 1.82) is 0 Å². The van der Waals surface area contributed by atoms with Gasteiger partial charge < -0.3 is 19.9 Å². The van der Waals surface area contributed by atoms with Gasteiger partial charge in [-0.25, -0.2) is 0 Å². The maximum atomic E-state index is 10.3. The van der Waals surface area contributed by atoms with Crippen molar-refractivity contribution >= 4 is 5.97 Å². The Hall–Kier alpha value is -1.75. The van der Waals surface area contributed by atoms with Crippen LogP contribution in [0.2, 0.25) is 0 Å². The van der Waals surface area contributed by atoms with Gasteiger partial charge >= 0.3 is 5.97 Å². The Balaban J connectivity index is 2.58. The van der Waals surface area contributed by atoms with Crippen LogP contribution in [0.3, 0.4) is 0 Å². The van der Waals surface area contributed by atoms with E-state index in [1.165, 1.54) is 0 Å². The number of aliphatic carboxylic acids is 1. The van der Waals surface area contributed by atoms with Gasteiger partial charge in [-0.1, -0.05) is 0 Å². The molecule has 0 amide bonds. The van der Waals surface area contributed by atoms with Crippen LogP contribution in [-0.2, 0) is 11.3 Å². The highest BCUT2D eigenvalue weighted by molar-refractivity contribution is 5.66. The van der Waals surface area contributed by atoms with Crippen molar-refractivity contribution in [2.45, 2.75) is 13.0 Å². The Kier molecular flexibility index (Phi) is 5.29. The Morgan fingerprint density at radius 2 is 2.12 bits per heavy atom. The van der Waals surface area contributed by atoms with Crippen LogP contribution in [0.5, 0.6) is 11.5 Å². The molecule has 0 heterocycles. The number of rotatable bonds is 7. The quantitative estimate of drug-likeness (QED) is 0.701. The third kappa shape index (κ3) is 4.32. The molecule has 1 aromatic rings. The highest BCUT2D eigenvalue weighted by Gasteiger charge is 2.05.